The summed E-state index contributed by atoms with van der Waals surface area (Å²) >= 11 is 0. The molecule has 2 aliphatic carbocycles. The zero-order valence-electron chi connectivity index (χ0n) is 7.58. The van der Waals surface area contributed by atoms with Gasteiger partial charge in [0.05, 0.1) is 6.10 Å². The highest BCUT2D eigenvalue weighted by Crippen LogP contribution is 2.43. The Kier molecular flexibility index (Phi) is 2.18. The van der Waals surface area contributed by atoms with Crippen molar-refractivity contribution < 1.29 is 9.53 Å². The van der Waals surface area contributed by atoms with Gasteiger partial charge in [0.25, 0.3) is 0 Å². The van der Waals surface area contributed by atoms with Gasteiger partial charge in [0.2, 0.25) is 0 Å². The van der Waals surface area contributed by atoms with Crippen molar-refractivity contribution in [3.05, 3.63) is 0 Å². The lowest BCUT2D eigenvalue weighted by molar-refractivity contribution is -0.118. The maximum absolute atomic E-state index is 11.1. The molecule has 0 aromatic rings. The summed E-state index contributed by atoms with van der Waals surface area (Å²) in [6.45, 7) is 2.86. The number of carbonyl (C=O) groups is 1. The first kappa shape index (κ1) is 8.24. The van der Waals surface area contributed by atoms with Crippen LogP contribution >= 0.6 is 0 Å². The first-order valence-electron chi connectivity index (χ1n) is 4.93. The quantitative estimate of drug-likeness (QED) is 0.628. The fraction of sp³-hybridized carbons (Fsp3) is 0.900. The van der Waals surface area contributed by atoms with E-state index in [0.29, 0.717) is 23.7 Å². The summed E-state index contributed by atoms with van der Waals surface area (Å²) in [4.78, 5) is 11.1. The second-order valence-corrected chi connectivity index (χ2v) is 4.02. The first-order chi connectivity index (χ1) is 5.79. The molecule has 2 aliphatic rings. The molecule has 12 heavy (non-hydrogen) atoms. The summed E-state index contributed by atoms with van der Waals surface area (Å²) in [6, 6.07) is 0. The predicted molar refractivity (Wildman–Crippen MR) is 45.9 cm³/mol. The van der Waals surface area contributed by atoms with Gasteiger partial charge >= 0.3 is 0 Å². The van der Waals surface area contributed by atoms with E-state index in [1.807, 2.05) is 6.92 Å². The Balaban J connectivity index is 1.89. The molecule has 2 rings (SSSR count). The lowest BCUT2D eigenvalue weighted by Crippen LogP contribution is -2.09. The van der Waals surface area contributed by atoms with E-state index in [4.69, 9.17) is 4.74 Å². The van der Waals surface area contributed by atoms with Crippen molar-refractivity contribution in [1.82, 2.24) is 0 Å². The molecule has 0 aromatic carbocycles. The zero-order chi connectivity index (χ0) is 8.55. The van der Waals surface area contributed by atoms with E-state index < -0.39 is 0 Å². The van der Waals surface area contributed by atoms with Gasteiger partial charge in [-0.1, -0.05) is 0 Å². The number of ether oxygens (including phenoxy) is 1. The Labute approximate surface area is 73.3 Å². The van der Waals surface area contributed by atoms with Crippen molar-refractivity contribution in [2.75, 3.05) is 6.61 Å². The number of hydrogen-bond acceptors (Lipinski definition) is 2. The Morgan fingerprint density at radius 1 is 1.33 bits per heavy atom. The third-order valence-corrected chi connectivity index (χ3v) is 3.18. The van der Waals surface area contributed by atoms with Crippen molar-refractivity contribution in [3.63, 3.8) is 0 Å². The van der Waals surface area contributed by atoms with Gasteiger partial charge in [0.1, 0.15) is 5.78 Å². The predicted octanol–water partition coefficient (Wildman–Crippen LogP) is 1.78. The number of Topliss-reactive ketones (excluding diaryl/α,β-unsaturated/α-hetero) is 1. The van der Waals surface area contributed by atoms with Crippen LogP contribution in [0.3, 0.4) is 0 Å². The maximum atomic E-state index is 11.1. The molecule has 0 bridgehead atoms. The normalized spacial score (nSPS) is 40.4. The largest absolute Gasteiger partial charge is 0.378 e. The summed E-state index contributed by atoms with van der Waals surface area (Å²) in [5.74, 6) is 1.79. The van der Waals surface area contributed by atoms with Crippen LogP contribution < -0.4 is 0 Å². The van der Waals surface area contributed by atoms with Crippen LogP contribution in [0.1, 0.15) is 32.6 Å². The molecule has 2 saturated carbocycles. The molecular weight excluding hydrogens is 152 g/mol. The third kappa shape index (κ3) is 1.40. The Bertz CT molecular complexity index is 172. The first-order valence-corrected chi connectivity index (χ1v) is 4.93. The van der Waals surface area contributed by atoms with Gasteiger partial charge in [-0.2, -0.15) is 0 Å². The van der Waals surface area contributed by atoms with Crippen LogP contribution in [0.2, 0.25) is 0 Å². The van der Waals surface area contributed by atoms with Gasteiger partial charge in [-0.25, -0.2) is 0 Å². The Morgan fingerprint density at radius 2 is 1.92 bits per heavy atom. The third-order valence-electron chi connectivity index (χ3n) is 3.18. The van der Waals surface area contributed by atoms with Gasteiger partial charge in [-0.05, 0) is 31.6 Å². The SMILES string of the molecule is CCO[C@@H]1C[C@H]2CC(=O)C[C@H]2C1. The zero-order valence-corrected chi connectivity index (χ0v) is 7.58. The minimum atomic E-state index is 0.457. The van der Waals surface area contributed by atoms with Crippen molar-refractivity contribution in [2.45, 2.75) is 38.7 Å². The number of fused-ring (bicyclic) bond motifs is 1. The molecule has 0 amide bonds. The fourth-order valence-electron chi connectivity index (χ4n) is 2.70. The highest BCUT2D eigenvalue weighted by Gasteiger charge is 2.41. The van der Waals surface area contributed by atoms with Crippen LogP contribution in [0, 0.1) is 11.8 Å². The van der Waals surface area contributed by atoms with Crippen molar-refractivity contribution in [1.29, 1.82) is 0 Å². The maximum Gasteiger partial charge on any atom is 0.133 e. The number of carbonyl (C=O) groups excluding carboxylic acids is 1. The lowest BCUT2D eigenvalue weighted by Gasteiger charge is -2.09. The van der Waals surface area contributed by atoms with Crippen molar-refractivity contribution >= 4 is 5.78 Å². The van der Waals surface area contributed by atoms with E-state index in [2.05, 4.69) is 0 Å². The van der Waals surface area contributed by atoms with Crippen LogP contribution in [-0.2, 0) is 9.53 Å². The van der Waals surface area contributed by atoms with Crippen LogP contribution in [0.25, 0.3) is 0 Å². The molecule has 2 nitrogen and oxygen atoms in total. The van der Waals surface area contributed by atoms with Gasteiger partial charge in [-0.15, -0.1) is 0 Å². The summed E-state index contributed by atoms with van der Waals surface area (Å²) in [5.41, 5.74) is 0. The Hall–Kier alpha value is -0.370. The fourth-order valence-corrected chi connectivity index (χ4v) is 2.70. The van der Waals surface area contributed by atoms with Gasteiger partial charge in [0.15, 0.2) is 0 Å². The molecular formula is C10H16O2. The highest BCUT2D eigenvalue weighted by molar-refractivity contribution is 5.81. The second-order valence-electron chi connectivity index (χ2n) is 4.02. The van der Waals surface area contributed by atoms with E-state index in [1.54, 1.807) is 0 Å². The molecule has 0 unspecified atom stereocenters. The standard InChI is InChI=1S/C10H16O2/c1-2-12-10-5-7-3-9(11)4-8(7)6-10/h7-8,10H,2-6H2,1H3/t7-,8+,10-. The van der Waals surface area contributed by atoms with Crippen molar-refractivity contribution in [2.24, 2.45) is 11.8 Å². The summed E-state index contributed by atoms with van der Waals surface area (Å²) in [7, 11) is 0. The number of hydrogen-bond donors (Lipinski definition) is 0. The molecule has 0 aromatic heterocycles. The molecule has 68 valence electrons. The molecule has 0 aliphatic heterocycles. The molecule has 2 fully saturated rings. The topological polar surface area (TPSA) is 26.3 Å². The second kappa shape index (κ2) is 3.17. The monoisotopic (exact) mass is 168 g/mol. The van der Waals surface area contributed by atoms with Crippen LogP contribution in [0.4, 0.5) is 0 Å². The van der Waals surface area contributed by atoms with Crippen LogP contribution in [0.5, 0.6) is 0 Å². The molecule has 0 heterocycles. The van der Waals surface area contributed by atoms with Crippen molar-refractivity contribution in [3.8, 4) is 0 Å². The number of ketones is 1. The molecule has 0 N–H and O–H groups in total. The average molecular weight is 168 g/mol. The van der Waals surface area contributed by atoms with E-state index in [0.717, 1.165) is 32.3 Å². The molecule has 2 heteroatoms. The number of rotatable bonds is 2. The van der Waals surface area contributed by atoms with E-state index in [1.165, 1.54) is 0 Å². The van der Waals surface area contributed by atoms with E-state index in [-0.39, 0.29) is 0 Å². The lowest BCUT2D eigenvalue weighted by atomic mass is 10.0. The summed E-state index contributed by atoms with van der Waals surface area (Å²) in [5, 5.41) is 0. The molecule has 0 saturated heterocycles. The van der Waals surface area contributed by atoms with E-state index >= 15 is 0 Å². The van der Waals surface area contributed by atoms with Gasteiger partial charge in [-0.3, -0.25) is 4.79 Å². The molecule has 3 atom stereocenters. The highest BCUT2D eigenvalue weighted by atomic mass is 16.5. The molecule has 0 spiro atoms. The Morgan fingerprint density at radius 3 is 2.42 bits per heavy atom. The van der Waals surface area contributed by atoms with Crippen LogP contribution in [-0.4, -0.2) is 18.5 Å². The minimum Gasteiger partial charge on any atom is -0.378 e. The van der Waals surface area contributed by atoms with Crippen LogP contribution in [0.15, 0.2) is 0 Å². The summed E-state index contributed by atoms with van der Waals surface area (Å²) < 4.78 is 5.56. The van der Waals surface area contributed by atoms with E-state index in [9.17, 15) is 4.79 Å². The minimum absolute atomic E-state index is 0.457. The average Bonchev–Trinajstić information content (AvgIpc) is 2.44. The summed E-state index contributed by atoms with van der Waals surface area (Å²) in [6.07, 6.45) is 4.37. The molecule has 0 radical (unpaired) electrons. The smallest absolute Gasteiger partial charge is 0.133 e. The van der Waals surface area contributed by atoms with Gasteiger partial charge < -0.3 is 4.74 Å². The van der Waals surface area contributed by atoms with Gasteiger partial charge in [0, 0.05) is 19.4 Å².